The zero-order valence-corrected chi connectivity index (χ0v) is 19.0. The molecule has 0 amide bonds. The van der Waals surface area contributed by atoms with Crippen LogP contribution in [0.5, 0.6) is 0 Å². The molecule has 0 atom stereocenters. The second-order valence-corrected chi connectivity index (χ2v) is 10.1. The summed E-state index contributed by atoms with van der Waals surface area (Å²) in [4.78, 5) is 22.6. The average Bonchev–Trinajstić information content (AvgIpc) is 3.14. The first-order valence-electron chi connectivity index (χ1n) is 10.6. The third kappa shape index (κ3) is 4.02. The minimum absolute atomic E-state index is 0.111. The first-order chi connectivity index (χ1) is 16.0. The number of fused-ring (bicyclic) bond motifs is 1. The molecule has 3 aromatic heterocycles. The molecule has 176 valence electrons. The molecule has 34 heavy (non-hydrogen) atoms. The van der Waals surface area contributed by atoms with E-state index in [2.05, 4.69) is 9.97 Å². The number of hydrogen-bond donors (Lipinski definition) is 2. The fraction of sp³-hybridized carbons (Fsp3) is 0.292. The van der Waals surface area contributed by atoms with Crippen molar-refractivity contribution in [2.24, 2.45) is 5.73 Å². The largest absolute Gasteiger partial charge is 0.406 e. The van der Waals surface area contributed by atoms with Crippen LogP contribution in [0, 0.1) is 0 Å². The molecule has 10 heteroatoms. The molecule has 0 radical (unpaired) electrons. The number of aromatic nitrogens is 3. The van der Waals surface area contributed by atoms with E-state index in [0.29, 0.717) is 38.4 Å². The lowest BCUT2D eigenvalue weighted by atomic mass is 9.63. The lowest BCUT2D eigenvalue weighted by Crippen LogP contribution is -2.58. The van der Waals surface area contributed by atoms with Gasteiger partial charge in [0, 0.05) is 22.2 Å². The fourth-order valence-corrected chi connectivity index (χ4v) is 5.90. The number of aliphatic hydroxyl groups is 1. The maximum absolute atomic E-state index is 13.1. The minimum atomic E-state index is -4.55. The number of thiophene rings is 1. The Balaban J connectivity index is 1.66. The Morgan fingerprint density at radius 1 is 1.15 bits per heavy atom. The van der Waals surface area contributed by atoms with Gasteiger partial charge in [-0.05, 0) is 43.0 Å². The van der Waals surface area contributed by atoms with Crippen molar-refractivity contribution < 1.29 is 18.3 Å². The Bertz CT molecular complexity index is 1420. The van der Waals surface area contributed by atoms with Crippen molar-refractivity contribution in [3.63, 3.8) is 0 Å². The number of benzene rings is 1. The van der Waals surface area contributed by atoms with E-state index in [1.165, 1.54) is 11.3 Å². The normalized spacial score (nSPS) is 22.6. The van der Waals surface area contributed by atoms with Gasteiger partial charge in [0.2, 0.25) is 0 Å². The highest BCUT2D eigenvalue weighted by Crippen LogP contribution is 2.47. The lowest BCUT2D eigenvalue weighted by Gasteiger charge is -2.49. The molecule has 1 aromatic carbocycles. The van der Waals surface area contributed by atoms with Gasteiger partial charge in [0.15, 0.2) is 0 Å². The summed E-state index contributed by atoms with van der Waals surface area (Å²) >= 11 is 1.23. The third-order valence-electron chi connectivity index (χ3n) is 6.06. The van der Waals surface area contributed by atoms with E-state index >= 15 is 0 Å². The molecule has 5 rings (SSSR count). The van der Waals surface area contributed by atoms with Crippen LogP contribution in [-0.2, 0) is 12.1 Å². The molecule has 3 heterocycles. The highest BCUT2D eigenvalue weighted by molar-refractivity contribution is 7.22. The van der Waals surface area contributed by atoms with Crippen LogP contribution in [0.15, 0.2) is 59.8 Å². The van der Waals surface area contributed by atoms with Crippen LogP contribution in [-0.4, -0.2) is 31.4 Å². The number of pyridine rings is 1. The van der Waals surface area contributed by atoms with Crippen molar-refractivity contribution >= 4 is 21.6 Å². The summed E-state index contributed by atoms with van der Waals surface area (Å²) in [6.45, 7) is 0.333. The van der Waals surface area contributed by atoms with E-state index < -0.39 is 29.4 Å². The summed E-state index contributed by atoms with van der Waals surface area (Å²) in [7, 11) is 0. The molecule has 6 nitrogen and oxygen atoms in total. The van der Waals surface area contributed by atoms with Gasteiger partial charge in [-0.3, -0.25) is 14.3 Å². The molecular formula is C24H21F3N4O2S. The van der Waals surface area contributed by atoms with Crippen molar-refractivity contribution in [1.82, 2.24) is 14.5 Å². The van der Waals surface area contributed by atoms with Crippen LogP contribution >= 0.6 is 11.3 Å². The molecule has 1 fully saturated rings. The van der Waals surface area contributed by atoms with Crippen LogP contribution in [0.3, 0.4) is 0 Å². The van der Waals surface area contributed by atoms with E-state index in [1.807, 2.05) is 24.3 Å². The van der Waals surface area contributed by atoms with E-state index in [0.717, 1.165) is 17.5 Å². The molecule has 0 aliphatic heterocycles. The van der Waals surface area contributed by atoms with Gasteiger partial charge in [-0.2, -0.15) is 13.2 Å². The zero-order chi connectivity index (χ0) is 24.3. The highest BCUT2D eigenvalue weighted by atomic mass is 32.1. The highest BCUT2D eigenvalue weighted by Gasteiger charge is 2.49. The molecule has 1 aliphatic carbocycles. The molecule has 3 N–H and O–H groups in total. The Morgan fingerprint density at radius 2 is 1.85 bits per heavy atom. The molecule has 0 saturated heterocycles. The zero-order valence-electron chi connectivity index (χ0n) is 18.1. The molecule has 0 spiro atoms. The van der Waals surface area contributed by atoms with Crippen LogP contribution in [0.1, 0.15) is 25.3 Å². The predicted molar refractivity (Wildman–Crippen MR) is 124 cm³/mol. The number of rotatable bonds is 4. The third-order valence-corrected chi connectivity index (χ3v) is 7.21. The van der Waals surface area contributed by atoms with Crippen LogP contribution in [0.4, 0.5) is 13.2 Å². The molecule has 1 saturated carbocycles. The van der Waals surface area contributed by atoms with Gasteiger partial charge < -0.3 is 10.8 Å². The van der Waals surface area contributed by atoms with Crippen LogP contribution in [0.25, 0.3) is 31.9 Å². The maximum Gasteiger partial charge on any atom is 0.406 e. The predicted octanol–water partition coefficient (Wildman–Crippen LogP) is 4.45. The molecule has 1 aliphatic rings. The van der Waals surface area contributed by atoms with Crippen LogP contribution < -0.4 is 11.3 Å². The van der Waals surface area contributed by atoms with E-state index in [9.17, 15) is 23.1 Å². The van der Waals surface area contributed by atoms with Gasteiger partial charge in [-0.1, -0.05) is 30.3 Å². The van der Waals surface area contributed by atoms with Gasteiger partial charge in [-0.15, -0.1) is 11.3 Å². The topological polar surface area (TPSA) is 94.0 Å². The number of alkyl halides is 3. The Hall–Kier alpha value is -3.08. The summed E-state index contributed by atoms with van der Waals surface area (Å²) in [5.74, 6) is 0. The monoisotopic (exact) mass is 486 g/mol. The Kier molecular flexibility index (Phi) is 5.16. The van der Waals surface area contributed by atoms with Crippen molar-refractivity contribution in [2.45, 2.75) is 43.6 Å². The maximum atomic E-state index is 13.1. The summed E-state index contributed by atoms with van der Waals surface area (Å²) in [6.07, 6.45) is -1.15. The van der Waals surface area contributed by atoms with E-state index in [-0.39, 0.29) is 5.39 Å². The van der Waals surface area contributed by atoms with Gasteiger partial charge in [0.25, 0.3) is 5.56 Å². The Labute approximate surface area is 196 Å². The van der Waals surface area contributed by atoms with E-state index in [4.69, 9.17) is 5.73 Å². The minimum Gasteiger partial charge on any atom is -0.390 e. The molecular weight excluding hydrogens is 465 g/mol. The van der Waals surface area contributed by atoms with Crippen molar-refractivity contribution in [1.29, 1.82) is 0 Å². The smallest absolute Gasteiger partial charge is 0.390 e. The number of nitrogens with zero attached hydrogens (tertiary/aromatic N) is 3. The van der Waals surface area contributed by atoms with Crippen molar-refractivity contribution in [3.05, 3.63) is 70.9 Å². The molecule has 4 aromatic rings. The van der Waals surface area contributed by atoms with E-state index in [1.54, 1.807) is 31.3 Å². The number of hydrogen-bond acceptors (Lipinski definition) is 6. The number of halogens is 3. The average molecular weight is 487 g/mol. The molecule has 0 unspecified atom stereocenters. The van der Waals surface area contributed by atoms with Gasteiger partial charge in [-0.25, -0.2) is 4.98 Å². The summed E-state index contributed by atoms with van der Waals surface area (Å²) in [6, 6.07) is 12.7. The summed E-state index contributed by atoms with van der Waals surface area (Å²) in [5.41, 5.74) is 6.86. The van der Waals surface area contributed by atoms with Crippen molar-refractivity contribution in [3.8, 4) is 21.7 Å². The van der Waals surface area contributed by atoms with Gasteiger partial charge in [0.1, 0.15) is 11.4 Å². The first-order valence-corrected chi connectivity index (χ1v) is 11.4. The summed E-state index contributed by atoms with van der Waals surface area (Å²) < 4.78 is 39.6. The molecule has 0 bridgehead atoms. The van der Waals surface area contributed by atoms with Gasteiger partial charge >= 0.3 is 6.18 Å². The first kappa shape index (κ1) is 22.7. The second-order valence-electron chi connectivity index (χ2n) is 9.08. The summed E-state index contributed by atoms with van der Waals surface area (Å²) in [5, 5.41) is 10.2. The standard InChI is InChI=1S/C24H21F3N4O2S/c1-22(33)10-23(28,11-22)15-7-5-14(6-8-15)19-17(16-4-2-3-9-29-16)18-20(34-19)30-13-31(21(18)32)12-24(25,26)27/h2-9,13,33H,10-12,28H2,1H3/t22-,23+. The second kappa shape index (κ2) is 7.72. The quantitative estimate of drug-likeness (QED) is 0.445. The Morgan fingerprint density at radius 3 is 2.44 bits per heavy atom. The lowest BCUT2D eigenvalue weighted by molar-refractivity contribution is -0.141. The van der Waals surface area contributed by atoms with Crippen LogP contribution in [0.2, 0.25) is 0 Å². The fourth-order valence-electron chi connectivity index (χ4n) is 4.76. The van der Waals surface area contributed by atoms with Gasteiger partial charge in [0.05, 0.1) is 23.0 Å². The number of nitrogens with two attached hydrogens (primary N) is 1. The van der Waals surface area contributed by atoms with Crippen molar-refractivity contribution in [2.75, 3.05) is 0 Å². The SMILES string of the molecule is C[C@]1(O)C[C@](N)(c2ccc(-c3sc4ncn(CC(F)(F)F)c(=O)c4c3-c3ccccn3)cc2)C1.